The van der Waals surface area contributed by atoms with Crippen molar-refractivity contribution in [3.8, 4) is 11.5 Å². The first-order valence-corrected chi connectivity index (χ1v) is 7.46. The molecule has 0 spiro atoms. The predicted molar refractivity (Wildman–Crippen MR) is 85.9 cm³/mol. The predicted octanol–water partition coefficient (Wildman–Crippen LogP) is 3.04. The number of amides is 1. The lowest BCUT2D eigenvalue weighted by Crippen LogP contribution is -2.13. The zero-order chi connectivity index (χ0) is 16.8. The van der Waals surface area contributed by atoms with Crippen molar-refractivity contribution in [1.82, 2.24) is 0 Å². The van der Waals surface area contributed by atoms with Crippen LogP contribution in [0.4, 0.5) is 5.69 Å². The molecule has 2 aromatic rings. The average molecular weight is 317 g/mol. The Bertz CT molecular complexity index is 707. The molecule has 6 heteroatoms. The number of nitrogens with one attached hydrogen (secondary N) is 1. The van der Waals surface area contributed by atoms with E-state index in [4.69, 9.17) is 0 Å². The molecule has 1 heterocycles. The van der Waals surface area contributed by atoms with Gasteiger partial charge in [0.1, 0.15) is 23.4 Å². The second-order valence-corrected chi connectivity index (χ2v) is 5.26. The van der Waals surface area contributed by atoms with Gasteiger partial charge in [-0.3, -0.25) is 4.79 Å². The number of carbonyl (C=O) groups excluding carboxylic acids is 1. The second kappa shape index (κ2) is 7.49. The largest absolute Gasteiger partial charge is 0.506 e. The Morgan fingerprint density at radius 2 is 1.87 bits per heavy atom. The molecule has 0 aliphatic rings. The first kappa shape index (κ1) is 16.6. The molecule has 6 nitrogen and oxygen atoms in total. The van der Waals surface area contributed by atoms with Gasteiger partial charge in [0.05, 0.1) is 5.56 Å². The van der Waals surface area contributed by atoms with E-state index in [9.17, 15) is 19.8 Å². The summed E-state index contributed by atoms with van der Waals surface area (Å²) in [6.07, 6.45) is 4.88. The standard InChI is InChI=1S/C17H19NO5/c1-2-3-4-5-11-8-13(19)16(14(20)9-11)18-17(22)12-6-7-15(21)23-10-12/h6-10,19-20H,2-5H2,1H3,(H,18,22). The summed E-state index contributed by atoms with van der Waals surface area (Å²) in [6.45, 7) is 2.10. The number of anilines is 1. The first-order chi connectivity index (χ1) is 11.0. The highest BCUT2D eigenvalue weighted by atomic mass is 16.4. The van der Waals surface area contributed by atoms with Crippen molar-refractivity contribution < 1.29 is 19.4 Å². The maximum Gasteiger partial charge on any atom is 0.335 e. The fourth-order valence-electron chi connectivity index (χ4n) is 2.19. The van der Waals surface area contributed by atoms with Crippen molar-refractivity contribution in [3.05, 3.63) is 52.1 Å². The summed E-state index contributed by atoms with van der Waals surface area (Å²) in [5.41, 5.74) is 0.275. The summed E-state index contributed by atoms with van der Waals surface area (Å²) in [5.74, 6) is -1.01. The Labute approximate surface area is 133 Å². The molecule has 0 aliphatic heterocycles. The number of rotatable bonds is 6. The van der Waals surface area contributed by atoms with Gasteiger partial charge < -0.3 is 19.9 Å². The lowest BCUT2D eigenvalue weighted by molar-refractivity contribution is 0.102. The summed E-state index contributed by atoms with van der Waals surface area (Å²) in [4.78, 5) is 22.9. The van der Waals surface area contributed by atoms with Crippen LogP contribution < -0.4 is 10.9 Å². The second-order valence-electron chi connectivity index (χ2n) is 5.26. The number of unbranched alkanes of at least 4 members (excludes halogenated alkanes) is 2. The van der Waals surface area contributed by atoms with Crippen molar-refractivity contribution >= 4 is 11.6 Å². The molecule has 1 aromatic heterocycles. The lowest BCUT2D eigenvalue weighted by Gasteiger charge is -2.11. The first-order valence-electron chi connectivity index (χ1n) is 7.46. The van der Waals surface area contributed by atoms with E-state index in [1.165, 1.54) is 18.2 Å². The molecule has 23 heavy (non-hydrogen) atoms. The van der Waals surface area contributed by atoms with Gasteiger partial charge in [-0.25, -0.2) is 4.79 Å². The zero-order valence-electron chi connectivity index (χ0n) is 12.8. The van der Waals surface area contributed by atoms with Crippen LogP contribution in [0.5, 0.6) is 11.5 Å². The summed E-state index contributed by atoms with van der Waals surface area (Å²) in [6, 6.07) is 5.46. The van der Waals surface area contributed by atoms with E-state index < -0.39 is 11.5 Å². The summed E-state index contributed by atoms with van der Waals surface area (Å²) in [7, 11) is 0. The molecule has 3 N–H and O–H groups in total. The van der Waals surface area contributed by atoms with Gasteiger partial charge in [-0.15, -0.1) is 0 Å². The van der Waals surface area contributed by atoms with Crippen LogP contribution in [0.15, 0.2) is 39.7 Å². The van der Waals surface area contributed by atoms with Crippen LogP contribution in [-0.2, 0) is 6.42 Å². The van der Waals surface area contributed by atoms with Crippen LogP contribution in [0.2, 0.25) is 0 Å². The fourth-order valence-corrected chi connectivity index (χ4v) is 2.19. The van der Waals surface area contributed by atoms with Crippen LogP contribution >= 0.6 is 0 Å². The van der Waals surface area contributed by atoms with Gasteiger partial charge in [0.2, 0.25) is 0 Å². The zero-order valence-corrected chi connectivity index (χ0v) is 12.8. The van der Waals surface area contributed by atoms with Gasteiger partial charge in [0, 0.05) is 6.07 Å². The topological polar surface area (TPSA) is 99.8 Å². The Balaban J connectivity index is 2.14. The minimum Gasteiger partial charge on any atom is -0.506 e. The van der Waals surface area contributed by atoms with Crippen molar-refractivity contribution in [2.45, 2.75) is 32.6 Å². The van der Waals surface area contributed by atoms with E-state index in [-0.39, 0.29) is 22.7 Å². The molecule has 0 unspecified atom stereocenters. The number of carbonyl (C=O) groups is 1. The van der Waals surface area contributed by atoms with Gasteiger partial charge in [-0.05, 0) is 36.6 Å². The SMILES string of the molecule is CCCCCc1cc(O)c(NC(=O)c2ccc(=O)oc2)c(O)c1. The molecule has 0 saturated heterocycles. The number of aryl methyl sites for hydroxylation is 1. The van der Waals surface area contributed by atoms with E-state index in [2.05, 4.69) is 16.7 Å². The summed E-state index contributed by atoms with van der Waals surface area (Å²) < 4.78 is 4.61. The smallest absolute Gasteiger partial charge is 0.335 e. The fraction of sp³-hybridized carbons (Fsp3) is 0.294. The van der Waals surface area contributed by atoms with Gasteiger partial charge in [-0.1, -0.05) is 19.8 Å². The Morgan fingerprint density at radius 3 is 2.43 bits per heavy atom. The van der Waals surface area contributed by atoms with Crippen LogP contribution in [0.3, 0.4) is 0 Å². The molecule has 1 aromatic carbocycles. The van der Waals surface area contributed by atoms with Crippen LogP contribution in [0, 0.1) is 0 Å². The van der Waals surface area contributed by atoms with E-state index >= 15 is 0 Å². The number of phenolic OH excluding ortho intramolecular Hbond substituents is 2. The molecule has 0 aliphatic carbocycles. The highest BCUT2D eigenvalue weighted by molar-refractivity contribution is 6.05. The van der Waals surface area contributed by atoms with Crippen molar-refractivity contribution in [1.29, 1.82) is 0 Å². The molecule has 0 atom stereocenters. The summed E-state index contributed by atoms with van der Waals surface area (Å²) in [5, 5.41) is 22.4. The average Bonchev–Trinajstić information content (AvgIpc) is 2.51. The Kier molecular flexibility index (Phi) is 5.41. The van der Waals surface area contributed by atoms with E-state index in [0.29, 0.717) is 0 Å². The number of hydrogen-bond donors (Lipinski definition) is 3. The van der Waals surface area contributed by atoms with E-state index in [1.807, 2.05) is 0 Å². The number of hydrogen-bond acceptors (Lipinski definition) is 5. The van der Waals surface area contributed by atoms with Gasteiger partial charge >= 0.3 is 5.63 Å². The number of aromatic hydroxyl groups is 2. The molecule has 0 radical (unpaired) electrons. The molecule has 1 amide bonds. The monoisotopic (exact) mass is 317 g/mol. The van der Waals surface area contributed by atoms with Crippen molar-refractivity contribution in [3.63, 3.8) is 0 Å². The van der Waals surface area contributed by atoms with Gasteiger partial charge in [0.15, 0.2) is 0 Å². The van der Waals surface area contributed by atoms with Crippen LogP contribution in [0.1, 0.15) is 42.1 Å². The third-order valence-corrected chi connectivity index (χ3v) is 3.43. The molecular weight excluding hydrogens is 298 g/mol. The lowest BCUT2D eigenvalue weighted by atomic mass is 10.1. The Morgan fingerprint density at radius 1 is 1.17 bits per heavy atom. The third-order valence-electron chi connectivity index (χ3n) is 3.43. The van der Waals surface area contributed by atoms with Gasteiger partial charge in [0.25, 0.3) is 5.91 Å². The van der Waals surface area contributed by atoms with Crippen LogP contribution in [-0.4, -0.2) is 16.1 Å². The normalized spacial score (nSPS) is 10.5. The minimum atomic E-state index is -0.599. The number of benzene rings is 1. The summed E-state index contributed by atoms with van der Waals surface area (Å²) >= 11 is 0. The number of phenols is 2. The maximum atomic E-state index is 12.0. The molecular formula is C17H19NO5. The molecule has 122 valence electrons. The highest BCUT2D eigenvalue weighted by Gasteiger charge is 2.14. The maximum absolute atomic E-state index is 12.0. The minimum absolute atomic E-state index is 0.0690. The molecule has 0 fully saturated rings. The molecule has 0 saturated carbocycles. The van der Waals surface area contributed by atoms with Crippen molar-refractivity contribution in [2.24, 2.45) is 0 Å². The van der Waals surface area contributed by atoms with Gasteiger partial charge in [-0.2, -0.15) is 0 Å². The molecule has 2 rings (SSSR count). The quantitative estimate of drug-likeness (QED) is 0.561. The Hall–Kier alpha value is -2.76. The molecule has 0 bridgehead atoms. The van der Waals surface area contributed by atoms with E-state index in [0.717, 1.165) is 43.6 Å². The van der Waals surface area contributed by atoms with Crippen LogP contribution in [0.25, 0.3) is 0 Å². The van der Waals surface area contributed by atoms with Crippen molar-refractivity contribution in [2.75, 3.05) is 5.32 Å². The van der Waals surface area contributed by atoms with E-state index in [1.54, 1.807) is 0 Å². The highest BCUT2D eigenvalue weighted by Crippen LogP contribution is 2.35. The third kappa shape index (κ3) is 4.35.